The highest BCUT2D eigenvalue weighted by Crippen LogP contribution is 2.16. The van der Waals surface area contributed by atoms with Crippen LogP contribution in [-0.2, 0) is 7.05 Å². The van der Waals surface area contributed by atoms with Crippen molar-refractivity contribution in [1.82, 2.24) is 14.7 Å². The summed E-state index contributed by atoms with van der Waals surface area (Å²) in [4.78, 5) is 24.9. The Morgan fingerprint density at radius 1 is 1.59 bits per heavy atom. The molecular formula is C11H15N3O3. The first kappa shape index (κ1) is 11.8. The van der Waals surface area contributed by atoms with Gasteiger partial charge in [-0.25, -0.2) is 4.68 Å². The molecule has 1 aliphatic rings. The SMILES string of the molecule is Cn1nc(C(=O)N2CCC(CO)C2)ccc1=O. The second-order valence-electron chi connectivity index (χ2n) is 4.27. The number of carbonyl (C=O) groups excluding carboxylic acids is 1. The molecule has 2 rings (SSSR count). The summed E-state index contributed by atoms with van der Waals surface area (Å²) in [5, 5.41) is 12.9. The molecule has 1 atom stereocenters. The molecule has 92 valence electrons. The van der Waals surface area contributed by atoms with Gasteiger partial charge < -0.3 is 10.0 Å². The minimum Gasteiger partial charge on any atom is -0.396 e. The van der Waals surface area contributed by atoms with E-state index in [1.807, 2.05) is 0 Å². The third-order valence-electron chi connectivity index (χ3n) is 3.01. The molecule has 0 spiro atoms. The van der Waals surface area contributed by atoms with Crippen molar-refractivity contribution < 1.29 is 9.90 Å². The van der Waals surface area contributed by atoms with Crippen LogP contribution in [0.4, 0.5) is 0 Å². The lowest BCUT2D eigenvalue weighted by Crippen LogP contribution is -2.32. The zero-order valence-corrected chi connectivity index (χ0v) is 9.67. The number of hydrogen-bond donors (Lipinski definition) is 1. The van der Waals surface area contributed by atoms with Crippen LogP contribution in [0.15, 0.2) is 16.9 Å². The number of hydrogen-bond acceptors (Lipinski definition) is 4. The topological polar surface area (TPSA) is 75.4 Å². The van der Waals surface area contributed by atoms with E-state index in [2.05, 4.69) is 5.10 Å². The predicted octanol–water partition coefficient (Wildman–Crippen LogP) is -0.765. The number of aryl methyl sites for hydroxylation is 1. The van der Waals surface area contributed by atoms with Gasteiger partial charge in [-0.2, -0.15) is 5.10 Å². The molecule has 1 amide bonds. The molecule has 1 N–H and O–H groups in total. The van der Waals surface area contributed by atoms with Crippen LogP contribution in [0.25, 0.3) is 0 Å². The number of amides is 1. The summed E-state index contributed by atoms with van der Waals surface area (Å²) in [5.74, 6) is -0.0250. The Morgan fingerprint density at radius 3 is 2.94 bits per heavy atom. The van der Waals surface area contributed by atoms with Crippen LogP contribution in [0.2, 0.25) is 0 Å². The third kappa shape index (κ3) is 2.36. The number of nitrogens with zero attached hydrogens (tertiary/aromatic N) is 3. The summed E-state index contributed by atoms with van der Waals surface area (Å²) < 4.78 is 1.15. The quantitative estimate of drug-likeness (QED) is 0.733. The van der Waals surface area contributed by atoms with E-state index in [1.54, 1.807) is 4.90 Å². The van der Waals surface area contributed by atoms with E-state index in [0.717, 1.165) is 11.1 Å². The normalized spacial score (nSPS) is 19.6. The van der Waals surface area contributed by atoms with Crippen molar-refractivity contribution in [3.8, 4) is 0 Å². The molecule has 1 unspecified atom stereocenters. The molecule has 1 aromatic rings. The Kier molecular flexibility index (Phi) is 3.23. The zero-order chi connectivity index (χ0) is 12.4. The molecule has 0 aromatic carbocycles. The lowest BCUT2D eigenvalue weighted by Gasteiger charge is -2.15. The standard InChI is InChI=1S/C11H15N3O3/c1-13-10(16)3-2-9(12-13)11(17)14-5-4-8(6-14)7-15/h2-3,8,15H,4-7H2,1H3. The number of carbonyl (C=O) groups is 1. The van der Waals surface area contributed by atoms with Crippen molar-refractivity contribution in [1.29, 1.82) is 0 Å². The van der Waals surface area contributed by atoms with E-state index in [-0.39, 0.29) is 29.7 Å². The second kappa shape index (κ2) is 4.67. The lowest BCUT2D eigenvalue weighted by atomic mass is 10.1. The van der Waals surface area contributed by atoms with Gasteiger partial charge in [-0.15, -0.1) is 0 Å². The van der Waals surface area contributed by atoms with E-state index >= 15 is 0 Å². The highest BCUT2D eigenvalue weighted by atomic mass is 16.3. The summed E-state index contributed by atoms with van der Waals surface area (Å²) in [5.41, 5.74) is 0.0295. The molecule has 6 heteroatoms. The molecule has 0 aliphatic carbocycles. The van der Waals surface area contributed by atoms with Gasteiger partial charge in [0.25, 0.3) is 11.5 Å². The fraction of sp³-hybridized carbons (Fsp3) is 0.545. The first-order valence-electron chi connectivity index (χ1n) is 5.56. The van der Waals surface area contributed by atoms with E-state index in [4.69, 9.17) is 5.11 Å². The predicted molar refractivity (Wildman–Crippen MR) is 60.6 cm³/mol. The average molecular weight is 237 g/mol. The molecule has 1 fully saturated rings. The van der Waals surface area contributed by atoms with Gasteiger partial charge in [-0.05, 0) is 12.5 Å². The Morgan fingerprint density at radius 2 is 2.35 bits per heavy atom. The fourth-order valence-electron chi connectivity index (χ4n) is 1.94. The van der Waals surface area contributed by atoms with Gasteiger partial charge in [-0.1, -0.05) is 0 Å². The Hall–Kier alpha value is -1.69. The van der Waals surface area contributed by atoms with Crippen LogP contribution in [-0.4, -0.2) is 45.4 Å². The maximum absolute atomic E-state index is 12.0. The molecule has 6 nitrogen and oxygen atoms in total. The van der Waals surface area contributed by atoms with Crippen LogP contribution in [0.3, 0.4) is 0 Å². The second-order valence-corrected chi connectivity index (χ2v) is 4.27. The Balaban J connectivity index is 2.15. The Bertz CT molecular complexity index is 483. The van der Waals surface area contributed by atoms with Crippen LogP contribution < -0.4 is 5.56 Å². The van der Waals surface area contributed by atoms with E-state index in [0.29, 0.717) is 13.1 Å². The van der Waals surface area contributed by atoms with Crippen LogP contribution >= 0.6 is 0 Å². The van der Waals surface area contributed by atoms with Crippen molar-refractivity contribution in [2.45, 2.75) is 6.42 Å². The fourth-order valence-corrected chi connectivity index (χ4v) is 1.94. The van der Waals surface area contributed by atoms with E-state index in [9.17, 15) is 9.59 Å². The summed E-state index contributed by atoms with van der Waals surface area (Å²) in [7, 11) is 1.51. The number of aliphatic hydroxyl groups is 1. The smallest absolute Gasteiger partial charge is 0.274 e. The van der Waals surface area contributed by atoms with Gasteiger partial charge in [0.1, 0.15) is 5.69 Å². The van der Waals surface area contributed by atoms with Gasteiger partial charge >= 0.3 is 0 Å². The summed E-state index contributed by atoms with van der Waals surface area (Å²) in [6.45, 7) is 1.29. The van der Waals surface area contributed by atoms with Gasteiger partial charge in [0.15, 0.2) is 0 Å². The van der Waals surface area contributed by atoms with Crippen molar-refractivity contribution in [3.05, 3.63) is 28.2 Å². The van der Waals surface area contributed by atoms with E-state index in [1.165, 1.54) is 19.2 Å². The van der Waals surface area contributed by atoms with Crippen molar-refractivity contribution in [2.24, 2.45) is 13.0 Å². The molecule has 0 saturated carbocycles. The largest absolute Gasteiger partial charge is 0.396 e. The molecule has 0 bridgehead atoms. The lowest BCUT2D eigenvalue weighted by molar-refractivity contribution is 0.0773. The minimum absolute atomic E-state index is 0.102. The zero-order valence-electron chi connectivity index (χ0n) is 9.67. The number of rotatable bonds is 2. The number of aliphatic hydroxyl groups excluding tert-OH is 1. The molecule has 2 heterocycles. The maximum Gasteiger partial charge on any atom is 0.274 e. The third-order valence-corrected chi connectivity index (χ3v) is 3.01. The molecule has 0 radical (unpaired) electrons. The minimum atomic E-state index is -0.240. The van der Waals surface area contributed by atoms with Crippen molar-refractivity contribution in [2.75, 3.05) is 19.7 Å². The van der Waals surface area contributed by atoms with Crippen molar-refractivity contribution >= 4 is 5.91 Å². The first-order chi connectivity index (χ1) is 8.11. The van der Waals surface area contributed by atoms with Crippen molar-refractivity contribution in [3.63, 3.8) is 0 Å². The highest BCUT2D eigenvalue weighted by Gasteiger charge is 2.27. The first-order valence-corrected chi connectivity index (χ1v) is 5.56. The summed E-state index contributed by atoms with van der Waals surface area (Å²) >= 11 is 0. The average Bonchev–Trinajstić information content (AvgIpc) is 2.80. The van der Waals surface area contributed by atoms with Crippen LogP contribution in [0.1, 0.15) is 16.9 Å². The Labute approximate surface area is 98.5 Å². The molecule has 17 heavy (non-hydrogen) atoms. The van der Waals surface area contributed by atoms with Crippen LogP contribution in [0, 0.1) is 5.92 Å². The van der Waals surface area contributed by atoms with Gasteiger partial charge in [0.05, 0.1) is 0 Å². The highest BCUT2D eigenvalue weighted by molar-refractivity contribution is 5.92. The van der Waals surface area contributed by atoms with Gasteiger partial charge in [0, 0.05) is 38.7 Å². The van der Waals surface area contributed by atoms with Gasteiger partial charge in [-0.3, -0.25) is 9.59 Å². The summed E-state index contributed by atoms with van der Waals surface area (Å²) in [6, 6.07) is 2.77. The molecule has 1 aromatic heterocycles. The molecular weight excluding hydrogens is 222 g/mol. The molecule has 1 saturated heterocycles. The van der Waals surface area contributed by atoms with Crippen LogP contribution in [0.5, 0.6) is 0 Å². The van der Waals surface area contributed by atoms with Gasteiger partial charge in [0.2, 0.25) is 0 Å². The number of aromatic nitrogens is 2. The van der Waals surface area contributed by atoms with E-state index < -0.39 is 0 Å². The monoisotopic (exact) mass is 237 g/mol. The summed E-state index contributed by atoms with van der Waals surface area (Å²) in [6.07, 6.45) is 0.813. The number of likely N-dealkylation sites (tertiary alicyclic amines) is 1. The molecule has 1 aliphatic heterocycles. The maximum atomic E-state index is 12.0.